The fourth-order valence-corrected chi connectivity index (χ4v) is 3.36. The fraction of sp³-hybridized carbons (Fsp3) is 0.571. The van der Waals surface area contributed by atoms with Crippen molar-refractivity contribution in [2.75, 3.05) is 14.2 Å². The van der Waals surface area contributed by atoms with Crippen LogP contribution in [0.5, 0.6) is 11.5 Å². The molecule has 0 spiro atoms. The van der Waals surface area contributed by atoms with E-state index in [-0.39, 0.29) is 0 Å². The van der Waals surface area contributed by atoms with E-state index in [1.165, 1.54) is 12.8 Å². The summed E-state index contributed by atoms with van der Waals surface area (Å²) in [7, 11) is 3.23. The van der Waals surface area contributed by atoms with Crippen LogP contribution in [0.1, 0.15) is 37.4 Å². The van der Waals surface area contributed by atoms with Gasteiger partial charge in [0.2, 0.25) is 0 Å². The predicted molar refractivity (Wildman–Crippen MR) is 74.2 cm³/mol. The van der Waals surface area contributed by atoms with Gasteiger partial charge in [0.05, 0.1) is 20.3 Å². The highest BCUT2D eigenvalue weighted by atomic mass is 79.9. The first-order valence-corrected chi connectivity index (χ1v) is 7.06. The number of aliphatic hydroxyl groups is 1. The first-order chi connectivity index (χ1) is 8.69. The van der Waals surface area contributed by atoms with Crippen LogP contribution in [0.4, 0.5) is 0 Å². The highest BCUT2D eigenvalue weighted by Gasteiger charge is 2.28. The molecule has 2 rings (SSSR count). The van der Waals surface area contributed by atoms with E-state index in [1.807, 2.05) is 12.1 Å². The Kier molecular flexibility index (Phi) is 4.51. The monoisotopic (exact) mass is 314 g/mol. The average Bonchev–Trinajstić information content (AvgIpc) is 2.91. The van der Waals surface area contributed by atoms with Crippen LogP contribution in [0.25, 0.3) is 0 Å². The number of ether oxygens (including phenoxy) is 2. The lowest BCUT2D eigenvalue weighted by Crippen LogP contribution is -2.10. The molecule has 0 radical (unpaired) electrons. The normalized spacial score (nSPS) is 17.8. The zero-order valence-electron chi connectivity index (χ0n) is 10.8. The van der Waals surface area contributed by atoms with Crippen LogP contribution in [0.2, 0.25) is 0 Å². The molecular weight excluding hydrogens is 296 g/mol. The molecule has 1 aromatic carbocycles. The minimum absolute atomic E-state index is 0.346. The summed E-state index contributed by atoms with van der Waals surface area (Å²) in [6.45, 7) is 0. The highest BCUT2D eigenvalue weighted by molar-refractivity contribution is 9.10. The molecule has 3 nitrogen and oxygen atoms in total. The van der Waals surface area contributed by atoms with E-state index in [2.05, 4.69) is 15.9 Å². The number of benzene rings is 1. The second-order valence-electron chi connectivity index (χ2n) is 4.69. The number of rotatable bonds is 4. The lowest BCUT2D eigenvalue weighted by atomic mass is 9.94. The third-order valence-electron chi connectivity index (χ3n) is 3.68. The van der Waals surface area contributed by atoms with Gasteiger partial charge in [-0.15, -0.1) is 0 Å². The van der Waals surface area contributed by atoms with E-state index in [1.54, 1.807) is 14.2 Å². The van der Waals surface area contributed by atoms with Crippen molar-refractivity contribution in [3.05, 3.63) is 22.2 Å². The second kappa shape index (κ2) is 5.93. The fourth-order valence-electron chi connectivity index (χ4n) is 2.68. The maximum Gasteiger partial charge on any atom is 0.142 e. The van der Waals surface area contributed by atoms with Crippen molar-refractivity contribution < 1.29 is 14.6 Å². The van der Waals surface area contributed by atoms with E-state index in [0.717, 1.165) is 22.9 Å². The maximum atomic E-state index is 10.5. The summed E-state index contributed by atoms with van der Waals surface area (Å²) in [5.41, 5.74) is 0.845. The molecule has 0 saturated heterocycles. The number of aliphatic hydroxyl groups excluding tert-OH is 1. The van der Waals surface area contributed by atoms with Crippen molar-refractivity contribution in [2.24, 2.45) is 5.92 Å². The van der Waals surface area contributed by atoms with Crippen molar-refractivity contribution in [3.8, 4) is 11.5 Å². The Morgan fingerprint density at radius 3 is 2.44 bits per heavy atom. The molecule has 0 amide bonds. The zero-order valence-corrected chi connectivity index (χ0v) is 12.4. The molecule has 1 atom stereocenters. The Morgan fingerprint density at radius 1 is 1.22 bits per heavy atom. The van der Waals surface area contributed by atoms with Crippen molar-refractivity contribution in [3.63, 3.8) is 0 Å². The minimum Gasteiger partial charge on any atom is -0.495 e. The van der Waals surface area contributed by atoms with Crippen molar-refractivity contribution in [1.29, 1.82) is 0 Å². The first-order valence-electron chi connectivity index (χ1n) is 6.27. The molecule has 1 unspecified atom stereocenters. The van der Waals surface area contributed by atoms with Crippen LogP contribution in [-0.2, 0) is 0 Å². The van der Waals surface area contributed by atoms with Gasteiger partial charge < -0.3 is 14.6 Å². The largest absolute Gasteiger partial charge is 0.495 e. The molecule has 18 heavy (non-hydrogen) atoms. The van der Waals surface area contributed by atoms with Gasteiger partial charge in [0, 0.05) is 5.56 Å². The first kappa shape index (κ1) is 13.7. The summed E-state index contributed by atoms with van der Waals surface area (Å²) in [6, 6.07) is 3.76. The highest BCUT2D eigenvalue weighted by Crippen LogP contribution is 2.44. The lowest BCUT2D eigenvalue weighted by molar-refractivity contribution is 0.108. The molecule has 0 bridgehead atoms. The summed E-state index contributed by atoms with van der Waals surface area (Å²) in [5, 5.41) is 10.5. The summed E-state index contributed by atoms with van der Waals surface area (Å²) in [6.07, 6.45) is 4.15. The molecule has 1 fully saturated rings. The van der Waals surface area contributed by atoms with Gasteiger partial charge >= 0.3 is 0 Å². The third kappa shape index (κ3) is 2.50. The van der Waals surface area contributed by atoms with Crippen LogP contribution < -0.4 is 9.47 Å². The van der Waals surface area contributed by atoms with Crippen molar-refractivity contribution in [2.45, 2.75) is 31.8 Å². The molecule has 1 N–H and O–H groups in total. The van der Waals surface area contributed by atoms with Gasteiger partial charge in [-0.3, -0.25) is 0 Å². The average molecular weight is 315 g/mol. The van der Waals surface area contributed by atoms with Crippen LogP contribution >= 0.6 is 15.9 Å². The van der Waals surface area contributed by atoms with Gasteiger partial charge in [-0.25, -0.2) is 0 Å². The number of hydrogen-bond donors (Lipinski definition) is 1. The van der Waals surface area contributed by atoms with Gasteiger partial charge in [-0.1, -0.05) is 12.8 Å². The standard InChI is InChI=1S/C14H19BrO3/c1-17-11-8-7-10(14(18-2)12(11)15)13(16)9-5-3-4-6-9/h7-9,13,16H,3-6H2,1-2H3. The van der Waals surface area contributed by atoms with Gasteiger partial charge in [0.15, 0.2) is 0 Å². The summed E-state index contributed by atoms with van der Waals surface area (Å²) in [4.78, 5) is 0. The molecule has 1 aliphatic rings. The number of methoxy groups -OCH3 is 2. The molecule has 0 aliphatic heterocycles. The summed E-state index contributed by atoms with van der Waals surface area (Å²) in [5.74, 6) is 1.74. The van der Waals surface area contributed by atoms with E-state index < -0.39 is 6.10 Å². The Morgan fingerprint density at radius 2 is 1.89 bits per heavy atom. The Labute approximate surface area is 116 Å². The molecule has 1 aliphatic carbocycles. The van der Waals surface area contributed by atoms with E-state index in [9.17, 15) is 5.11 Å². The zero-order chi connectivity index (χ0) is 13.1. The lowest BCUT2D eigenvalue weighted by Gasteiger charge is -2.21. The Balaban J connectivity index is 2.34. The molecule has 0 heterocycles. The van der Waals surface area contributed by atoms with E-state index >= 15 is 0 Å². The SMILES string of the molecule is COc1ccc(C(O)C2CCCC2)c(OC)c1Br. The van der Waals surface area contributed by atoms with E-state index in [4.69, 9.17) is 9.47 Å². The molecule has 4 heteroatoms. The summed E-state index contributed by atoms with van der Waals surface area (Å²) < 4.78 is 11.4. The minimum atomic E-state index is -0.454. The maximum absolute atomic E-state index is 10.5. The van der Waals surface area contributed by atoms with Crippen LogP contribution in [0.15, 0.2) is 16.6 Å². The topological polar surface area (TPSA) is 38.7 Å². The molecule has 100 valence electrons. The smallest absolute Gasteiger partial charge is 0.142 e. The number of halogens is 1. The quantitative estimate of drug-likeness (QED) is 0.921. The molecule has 1 saturated carbocycles. The van der Waals surface area contributed by atoms with Crippen molar-refractivity contribution in [1.82, 2.24) is 0 Å². The Bertz CT molecular complexity index is 414. The molecule has 0 aromatic heterocycles. The molecule has 1 aromatic rings. The van der Waals surface area contributed by atoms with Gasteiger partial charge in [-0.05, 0) is 46.8 Å². The van der Waals surface area contributed by atoms with Gasteiger partial charge in [0.25, 0.3) is 0 Å². The van der Waals surface area contributed by atoms with Crippen LogP contribution in [0, 0.1) is 5.92 Å². The predicted octanol–water partition coefficient (Wildman–Crippen LogP) is 3.69. The summed E-state index contributed by atoms with van der Waals surface area (Å²) >= 11 is 3.47. The third-order valence-corrected chi connectivity index (χ3v) is 4.43. The number of hydrogen-bond acceptors (Lipinski definition) is 3. The van der Waals surface area contributed by atoms with Gasteiger partial charge in [-0.2, -0.15) is 0 Å². The van der Waals surface area contributed by atoms with E-state index in [0.29, 0.717) is 17.4 Å². The van der Waals surface area contributed by atoms with Crippen LogP contribution in [0.3, 0.4) is 0 Å². The second-order valence-corrected chi connectivity index (χ2v) is 5.49. The van der Waals surface area contributed by atoms with Gasteiger partial charge in [0.1, 0.15) is 16.0 Å². The van der Waals surface area contributed by atoms with Crippen molar-refractivity contribution >= 4 is 15.9 Å². The molecular formula is C14H19BrO3. The van der Waals surface area contributed by atoms with Crippen LogP contribution in [-0.4, -0.2) is 19.3 Å². The Hall–Kier alpha value is -0.740.